The van der Waals surface area contributed by atoms with Gasteiger partial charge in [-0.3, -0.25) is 4.68 Å². The Morgan fingerprint density at radius 2 is 2.11 bits per heavy atom. The lowest BCUT2D eigenvalue weighted by Gasteiger charge is -2.32. The van der Waals surface area contributed by atoms with Gasteiger partial charge in [-0.2, -0.15) is 5.10 Å². The first-order valence-corrected chi connectivity index (χ1v) is 9.59. The molecule has 1 aromatic carbocycles. The highest BCUT2D eigenvalue weighted by atomic mass is 19.1. The molecule has 4 rings (SSSR count). The molecule has 1 aromatic heterocycles. The van der Waals surface area contributed by atoms with Crippen LogP contribution >= 0.6 is 0 Å². The average Bonchev–Trinajstić information content (AvgIpc) is 3.25. The van der Waals surface area contributed by atoms with E-state index in [1.54, 1.807) is 35.3 Å². The molecule has 0 radical (unpaired) electrons. The Kier molecular flexibility index (Phi) is 5.11. The summed E-state index contributed by atoms with van der Waals surface area (Å²) in [7, 11) is 0. The molecule has 2 amide bonds. The SMILES string of the molecule is O=C(Nc1cnn(Cc2ccccc2F)c1)N[C@H]1COC2(CCCCC2)C1. The van der Waals surface area contributed by atoms with E-state index in [0.29, 0.717) is 24.4 Å². The van der Waals surface area contributed by atoms with Crippen molar-refractivity contribution in [2.75, 3.05) is 11.9 Å². The van der Waals surface area contributed by atoms with Crippen LogP contribution in [0.15, 0.2) is 36.7 Å². The summed E-state index contributed by atoms with van der Waals surface area (Å²) in [5.74, 6) is -0.266. The van der Waals surface area contributed by atoms with E-state index in [1.807, 2.05) is 0 Å². The van der Waals surface area contributed by atoms with E-state index in [9.17, 15) is 9.18 Å². The molecule has 1 saturated heterocycles. The molecule has 27 heavy (non-hydrogen) atoms. The third-order valence-electron chi connectivity index (χ3n) is 5.49. The molecule has 1 spiro atoms. The van der Waals surface area contributed by atoms with Gasteiger partial charge >= 0.3 is 6.03 Å². The van der Waals surface area contributed by atoms with Gasteiger partial charge in [-0.1, -0.05) is 37.5 Å². The van der Waals surface area contributed by atoms with Crippen LogP contribution in [0.1, 0.15) is 44.1 Å². The summed E-state index contributed by atoms with van der Waals surface area (Å²) in [5.41, 5.74) is 1.11. The zero-order valence-electron chi connectivity index (χ0n) is 15.3. The van der Waals surface area contributed by atoms with Crippen molar-refractivity contribution < 1.29 is 13.9 Å². The monoisotopic (exact) mass is 372 g/mol. The molecule has 2 N–H and O–H groups in total. The van der Waals surface area contributed by atoms with Crippen molar-refractivity contribution in [1.29, 1.82) is 0 Å². The van der Waals surface area contributed by atoms with E-state index in [2.05, 4.69) is 15.7 Å². The fraction of sp³-hybridized carbons (Fsp3) is 0.500. The highest BCUT2D eigenvalue weighted by molar-refractivity contribution is 5.89. The lowest BCUT2D eigenvalue weighted by Crippen LogP contribution is -2.39. The average molecular weight is 372 g/mol. The van der Waals surface area contributed by atoms with Gasteiger partial charge in [0.15, 0.2) is 0 Å². The third-order valence-corrected chi connectivity index (χ3v) is 5.49. The van der Waals surface area contributed by atoms with Crippen LogP contribution in [0.2, 0.25) is 0 Å². The van der Waals surface area contributed by atoms with Gasteiger partial charge in [-0.05, 0) is 25.3 Å². The summed E-state index contributed by atoms with van der Waals surface area (Å²) in [6.07, 6.45) is 10.0. The summed E-state index contributed by atoms with van der Waals surface area (Å²) in [6.45, 7) is 0.884. The number of anilines is 1. The van der Waals surface area contributed by atoms with E-state index in [-0.39, 0.29) is 23.5 Å². The maximum Gasteiger partial charge on any atom is 0.319 e. The van der Waals surface area contributed by atoms with Crippen LogP contribution in [-0.4, -0.2) is 34.1 Å². The minimum Gasteiger partial charge on any atom is -0.373 e. The van der Waals surface area contributed by atoms with Crippen LogP contribution in [0, 0.1) is 5.82 Å². The van der Waals surface area contributed by atoms with E-state index in [4.69, 9.17) is 4.74 Å². The van der Waals surface area contributed by atoms with Gasteiger partial charge in [-0.15, -0.1) is 0 Å². The maximum absolute atomic E-state index is 13.7. The van der Waals surface area contributed by atoms with Gasteiger partial charge in [0.25, 0.3) is 0 Å². The minimum atomic E-state index is -0.266. The molecule has 7 heteroatoms. The fourth-order valence-electron chi connectivity index (χ4n) is 4.15. The molecule has 1 aliphatic heterocycles. The van der Waals surface area contributed by atoms with Gasteiger partial charge in [0.1, 0.15) is 5.82 Å². The number of amides is 2. The Morgan fingerprint density at radius 3 is 2.93 bits per heavy atom. The van der Waals surface area contributed by atoms with E-state index in [0.717, 1.165) is 19.3 Å². The lowest BCUT2D eigenvalue weighted by atomic mass is 9.82. The van der Waals surface area contributed by atoms with Crippen LogP contribution in [0.5, 0.6) is 0 Å². The van der Waals surface area contributed by atoms with E-state index < -0.39 is 0 Å². The predicted octanol–water partition coefficient (Wildman–Crippen LogP) is 3.68. The summed E-state index contributed by atoms with van der Waals surface area (Å²) in [6, 6.07) is 6.37. The molecule has 2 aromatic rings. The second-order valence-corrected chi connectivity index (χ2v) is 7.57. The van der Waals surface area contributed by atoms with Crippen LogP contribution < -0.4 is 10.6 Å². The number of ether oxygens (including phenoxy) is 1. The first-order valence-electron chi connectivity index (χ1n) is 9.59. The third kappa shape index (κ3) is 4.30. The van der Waals surface area contributed by atoms with E-state index >= 15 is 0 Å². The Labute approximate surface area is 158 Å². The first kappa shape index (κ1) is 18.0. The number of urea groups is 1. The summed E-state index contributed by atoms with van der Waals surface area (Å²) in [4.78, 5) is 12.3. The van der Waals surface area contributed by atoms with Gasteiger partial charge in [0.2, 0.25) is 0 Å². The lowest BCUT2D eigenvalue weighted by molar-refractivity contribution is -0.0245. The highest BCUT2D eigenvalue weighted by Crippen LogP contribution is 2.39. The zero-order chi connectivity index (χ0) is 18.7. The molecule has 0 unspecified atom stereocenters. The molecule has 1 atom stereocenters. The number of carbonyl (C=O) groups is 1. The van der Waals surface area contributed by atoms with Crippen LogP contribution in [0.3, 0.4) is 0 Å². The normalized spacial score (nSPS) is 21.3. The largest absolute Gasteiger partial charge is 0.373 e. The molecule has 6 nitrogen and oxygen atoms in total. The molecular weight excluding hydrogens is 347 g/mol. The van der Waals surface area contributed by atoms with Crippen LogP contribution in [-0.2, 0) is 11.3 Å². The number of halogens is 1. The quantitative estimate of drug-likeness (QED) is 0.860. The minimum absolute atomic E-state index is 0.0269. The number of nitrogens with zero attached hydrogens (tertiary/aromatic N) is 2. The predicted molar refractivity (Wildman–Crippen MR) is 100 cm³/mol. The molecule has 2 aliphatic rings. The smallest absolute Gasteiger partial charge is 0.319 e. The Morgan fingerprint density at radius 1 is 1.30 bits per heavy atom. The van der Waals surface area contributed by atoms with Crippen molar-refractivity contribution >= 4 is 11.7 Å². The molecule has 2 heterocycles. The van der Waals surface area contributed by atoms with Crippen LogP contribution in [0.4, 0.5) is 14.9 Å². The zero-order valence-corrected chi connectivity index (χ0v) is 15.3. The van der Waals surface area contributed by atoms with Crippen molar-refractivity contribution in [3.05, 3.63) is 48.0 Å². The van der Waals surface area contributed by atoms with Crippen molar-refractivity contribution in [3.8, 4) is 0 Å². The van der Waals surface area contributed by atoms with Gasteiger partial charge in [0, 0.05) is 11.8 Å². The number of rotatable bonds is 4. The fourth-order valence-corrected chi connectivity index (χ4v) is 4.15. The number of benzene rings is 1. The molecule has 0 bridgehead atoms. The van der Waals surface area contributed by atoms with Gasteiger partial charge in [0.05, 0.1) is 36.7 Å². The molecule has 2 fully saturated rings. The van der Waals surface area contributed by atoms with Gasteiger partial charge < -0.3 is 15.4 Å². The number of hydrogen-bond acceptors (Lipinski definition) is 3. The topological polar surface area (TPSA) is 68.2 Å². The van der Waals surface area contributed by atoms with Crippen LogP contribution in [0.25, 0.3) is 0 Å². The summed E-state index contributed by atoms with van der Waals surface area (Å²) in [5, 5.41) is 9.98. The number of aromatic nitrogens is 2. The molecular formula is C20H25FN4O2. The van der Waals surface area contributed by atoms with Crippen molar-refractivity contribution in [2.24, 2.45) is 0 Å². The second-order valence-electron chi connectivity index (χ2n) is 7.57. The Balaban J connectivity index is 1.29. The second kappa shape index (κ2) is 7.68. The molecule has 1 saturated carbocycles. The Hall–Kier alpha value is -2.41. The maximum atomic E-state index is 13.7. The standard InChI is InChI=1S/C20H25FN4O2/c21-18-7-3-2-6-15(18)12-25-13-17(11-22-25)24-19(26)23-16-10-20(27-14-16)8-4-1-5-9-20/h2-3,6-7,11,13,16H,1,4-5,8-10,12,14H2,(H2,23,24,26)/t16-/m1/s1. The van der Waals surface area contributed by atoms with E-state index in [1.165, 1.54) is 25.3 Å². The highest BCUT2D eigenvalue weighted by Gasteiger charge is 2.41. The van der Waals surface area contributed by atoms with Crippen molar-refractivity contribution in [1.82, 2.24) is 15.1 Å². The van der Waals surface area contributed by atoms with Gasteiger partial charge in [-0.25, -0.2) is 9.18 Å². The number of nitrogens with one attached hydrogen (secondary N) is 2. The summed E-state index contributed by atoms with van der Waals surface area (Å²) < 4.78 is 21.4. The molecule has 1 aliphatic carbocycles. The van der Waals surface area contributed by atoms with Crippen molar-refractivity contribution in [3.63, 3.8) is 0 Å². The van der Waals surface area contributed by atoms with Crippen molar-refractivity contribution in [2.45, 2.75) is 56.7 Å². The Bertz CT molecular complexity index is 801. The number of hydrogen-bond donors (Lipinski definition) is 2. The summed E-state index contributed by atoms with van der Waals surface area (Å²) >= 11 is 0. The first-order chi connectivity index (χ1) is 13.1. The number of carbonyl (C=O) groups excluding carboxylic acids is 1. The molecule has 144 valence electrons.